The van der Waals surface area contributed by atoms with Crippen molar-refractivity contribution in [3.63, 3.8) is 0 Å². The molecule has 0 unspecified atom stereocenters. The van der Waals surface area contributed by atoms with E-state index < -0.39 is 0 Å². The van der Waals surface area contributed by atoms with E-state index >= 15 is 0 Å². The van der Waals surface area contributed by atoms with E-state index in [0.29, 0.717) is 12.2 Å². The molecule has 0 saturated carbocycles. The molecule has 0 fully saturated rings. The Morgan fingerprint density at radius 3 is 2.50 bits per heavy atom. The van der Waals surface area contributed by atoms with Crippen LogP contribution < -0.4 is 4.74 Å². The maximum atomic E-state index is 11.6. The van der Waals surface area contributed by atoms with Crippen LogP contribution in [0.2, 0.25) is 0 Å². The average Bonchev–Trinajstić information content (AvgIpc) is 3.05. The first-order valence-electron chi connectivity index (χ1n) is 7.45. The first-order valence-corrected chi connectivity index (χ1v) is 8.39. The molecule has 0 aliphatic carbocycles. The van der Waals surface area contributed by atoms with Gasteiger partial charge >= 0.3 is 5.97 Å². The Balaban J connectivity index is 0.00000116. The van der Waals surface area contributed by atoms with Crippen LogP contribution in [0.1, 0.15) is 40.9 Å². The fraction of sp³-hybridized carbons (Fsp3) is 0.389. The number of rotatable bonds is 5. The van der Waals surface area contributed by atoms with E-state index in [1.807, 2.05) is 39.8 Å². The van der Waals surface area contributed by atoms with Crippen molar-refractivity contribution < 1.29 is 14.3 Å². The summed E-state index contributed by atoms with van der Waals surface area (Å²) >= 11 is 1.69. The van der Waals surface area contributed by atoms with Crippen molar-refractivity contribution in [2.24, 2.45) is 0 Å². The van der Waals surface area contributed by atoms with Crippen LogP contribution in [0.4, 0.5) is 0 Å². The number of ether oxygens (including phenoxy) is 2. The van der Waals surface area contributed by atoms with Crippen LogP contribution in [-0.4, -0.2) is 19.7 Å². The van der Waals surface area contributed by atoms with Crippen molar-refractivity contribution in [3.8, 4) is 5.75 Å². The molecular weight excluding hydrogens is 296 g/mol. The third kappa shape index (κ3) is 4.88. The number of methoxy groups -OCH3 is 1. The molecule has 2 aromatic rings. The zero-order valence-corrected chi connectivity index (χ0v) is 14.8. The molecule has 0 aliphatic heterocycles. The number of thiophene rings is 1. The highest BCUT2D eigenvalue weighted by atomic mass is 32.1. The Morgan fingerprint density at radius 1 is 1.18 bits per heavy atom. The van der Waals surface area contributed by atoms with Gasteiger partial charge in [-0.25, -0.2) is 4.79 Å². The van der Waals surface area contributed by atoms with Crippen LogP contribution in [0.25, 0.3) is 0 Å². The maximum Gasteiger partial charge on any atom is 0.338 e. The molecule has 4 heteroatoms. The Labute approximate surface area is 136 Å². The molecule has 0 bridgehead atoms. The lowest BCUT2D eigenvalue weighted by Crippen LogP contribution is -2.07. The van der Waals surface area contributed by atoms with Crippen molar-refractivity contribution in [2.45, 2.75) is 34.1 Å². The minimum Gasteiger partial charge on any atom is -0.493 e. The van der Waals surface area contributed by atoms with Gasteiger partial charge in [0.2, 0.25) is 0 Å². The molecule has 22 heavy (non-hydrogen) atoms. The standard InChI is InChI=1S/C16H18O3S.C2H6/c1-11-9-15(12(2)8-14(11)16(17)18-3)19-6-4-13-5-7-20-10-13;1-2/h5,7-10H,4,6H2,1-3H3;1-2H3. The molecule has 120 valence electrons. The number of carbonyl (C=O) groups excluding carboxylic acids is 1. The number of benzene rings is 1. The lowest BCUT2D eigenvalue weighted by molar-refractivity contribution is 0.0599. The first-order chi connectivity index (χ1) is 10.6. The molecule has 1 aromatic heterocycles. The molecule has 0 N–H and O–H groups in total. The molecule has 0 amide bonds. The van der Waals surface area contributed by atoms with E-state index in [2.05, 4.69) is 16.8 Å². The second-order valence-corrected chi connectivity index (χ2v) is 5.43. The van der Waals surface area contributed by atoms with E-state index in [-0.39, 0.29) is 5.97 Å². The van der Waals surface area contributed by atoms with E-state index in [1.54, 1.807) is 11.3 Å². The Bertz CT molecular complexity index is 589. The quantitative estimate of drug-likeness (QED) is 0.742. The molecule has 0 atom stereocenters. The van der Waals surface area contributed by atoms with Gasteiger partial charge in [0.25, 0.3) is 0 Å². The second-order valence-electron chi connectivity index (χ2n) is 4.65. The summed E-state index contributed by atoms with van der Waals surface area (Å²) in [5.74, 6) is 0.515. The van der Waals surface area contributed by atoms with Gasteiger partial charge in [0.05, 0.1) is 19.3 Å². The lowest BCUT2D eigenvalue weighted by atomic mass is 10.0. The summed E-state index contributed by atoms with van der Waals surface area (Å²) in [6, 6.07) is 5.82. The normalized spacial score (nSPS) is 9.68. The van der Waals surface area contributed by atoms with Gasteiger partial charge in [0.1, 0.15) is 5.75 Å². The Hall–Kier alpha value is -1.81. The fourth-order valence-electron chi connectivity index (χ4n) is 1.99. The molecule has 1 aromatic carbocycles. The topological polar surface area (TPSA) is 35.5 Å². The predicted octanol–water partition coefficient (Wildman–Crippen LogP) is 4.80. The van der Waals surface area contributed by atoms with E-state index in [1.165, 1.54) is 12.7 Å². The molecular formula is C18H24O3S. The Kier molecular flexibility index (Phi) is 7.67. The minimum atomic E-state index is -0.310. The van der Waals surface area contributed by atoms with E-state index in [4.69, 9.17) is 9.47 Å². The smallest absolute Gasteiger partial charge is 0.338 e. The van der Waals surface area contributed by atoms with Crippen molar-refractivity contribution in [1.82, 2.24) is 0 Å². The van der Waals surface area contributed by atoms with Gasteiger partial charge in [-0.2, -0.15) is 11.3 Å². The van der Waals surface area contributed by atoms with Gasteiger partial charge < -0.3 is 9.47 Å². The van der Waals surface area contributed by atoms with Crippen LogP contribution in [0.5, 0.6) is 5.75 Å². The molecule has 0 spiro atoms. The largest absolute Gasteiger partial charge is 0.493 e. The predicted molar refractivity (Wildman–Crippen MR) is 92.1 cm³/mol. The second kappa shape index (κ2) is 9.26. The number of hydrogen-bond donors (Lipinski definition) is 0. The number of carbonyl (C=O) groups is 1. The minimum absolute atomic E-state index is 0.310. The SMILES string of the molecule is CC.COC(=O)c1cc(C)c(OCCc2ccsc2)cc1C. The van der Waals surface area contributed by atoms with Gasteiger partial charge in [-0.05, 0) is 59.5 Å². The van der Waals surface area contributed by atoms with Crippen molar-refractivity contribution in [1.29, 1.82) is 0 Å². The first kappa shape index (κ1) is 18.2. The fourth-order valence-corrected chi connectivity index (χ4v) is 2.69. The zero-order valence-electron chi connectivity index (χ0n) is 13.9. The highest BCUT2D eigenvalue weighted by molar-refractivity contribution is 7.07. The van der Waals surface area contributed by atoms with Crippen LogP contribution in [0, 0.1) is 13.8 Å². The van der Waals surface area contributed by atoms with Gasteiger partial charge in [-0.1, -0.05) is 13.8 Å². The third-order valence-electron chi connectivity index (χ3n) is 3.16. The average molecular weight is 320 g/mol. The highest BCUT2D eigenvalue weighted by Gasteiger charge is 2.12. The summed E-state index contributed by atoms with van der Waals surface area (Å²) in [6.45, 7) is 8.46. The van der Waals surface area contributed by atoms with Crippen molar-refractivity contribution in [2.75, 3.05) is 13.7 Å². The number of esters is 1. The summed E-state index contributed by atoms with van der Waals surface area (Å²) in [4.78, 5) is 11.6. The maximum absolute atomic E-state index is 11.6. The molecule has 2 rings (SSSR count). The highest BCUT2D eigenvalue weighted by Crippen LogP contribution is 2.23. The van der Waals surface area contributed by atoms with Crippen LogP contribution in [0.15, 0.2) is 29.0 Å². The summed E-state index contributed by atoms with van der Waals surface area (Å²) < 4.78 is 10.6. The molecule has 3 nitrogen and oxygen atoms in total. The lowest BCUT2D eigenvalue weighted by Gasteiger charge is -2.12. The molecule has 0 aliphatic rings. The number of aryl methyl sites for hydroxylation is 2. The monoisotopic (exact) mass is 320 g/mol. The molecule has 0 radical (unpaired) electrons. The summed E-state index contributed by atoms with van der Waals surface area (Å²) in [5, 5.41) is 4.19. The molecule has 0 saturated heterocycles. The zero-order chi connectivity index (χ0) is 16.5. The van der Waals surface area contributed by atoms with Gasteiger partial charge in [0.15, 0.2) is 0 Å². The van der Waals surface area contributed by atoms with E-state index in [0.717, 1.165) is 23.3 Å². The van der Waals surface area contributed by atoms with Crippen LogP contribution >= 0.6 is 11.3 Å². The number of hydrogen-bond acceptors (Lipinski definition) is 4. The van der Waals surface area contributed by atoms with Crippen molar-refractivity contribution in [3.05, 3.63) is 51.2 Å². The third-order valence-corrected chi connectivity index (χ3v) is 3.89. The summed E-state index contributed by atoms with van der Waals surface area (Å²) in [6.07, 6.45) is 0.890. The molecule has 1 heterocycles. The van der Waals surface area contributed by atoms with Gasteiger partial charge in [0, 0.05) is 6.42 Å². The summed E-state index contributed by atoms with van der Waals surface area (Å²) in [7, 11) is 1.39. The summed E-state index contributed by atoms with van der Waals surface area (Å²) in [5.41, 5.74) is 3.69. The Morgan fingerprint density at radius 2 is 1.91 bits per heavy atom. The van der Waals surface area contributed by atoms with Gasteiger partial charge in [-0.3, -0.25) is 0 Å². The van der Waals surface area contributed by atoms with E-state index in [9.17, 15) is 4.79 Å². The van der Waals surface area contributed by atoms with Crippen LogP contribution in [0.3, 0.4) is 0 Å². The van der Waals surface area contributed by atoms with Gasteiger partial charge in [-0.15, -0.1) is 0 Å². The van der Waals surface area contributed by atoms with Crippen LogP contribution in [-0.2, 0) is 11.2 Å². The van der Waals surface area contributed by atoms with Crippen molar-refractivity contribution >= 4 is 17.3 Å².